The number of allylic oxidation sites excluding steroid dienone is 2. The van der Waals surface area contributed by atoms with E-state index in [0.29, 0.717) is 5.92 Å². The molecule has 0 N–H and O–H groups in total. The van der Waals surface area contributed by atoms with Crippen molar-refractivity contribution >= 4 is 39.5 Å². The second-order valence-electron chi connectivity index (χ2n) is 12.3. The van der Waals surface area contributed by atoms with Gasteiger partial charge in [-0.3, -0.25) is 0 Å². The minimum atomic E-state index is 0.513. The molecular weight excluding hydrogens is 520 g/mol. The van der Waals surface area contributed by atoms with Crippen LogP contribution < -0.4 is 0 Å². The fraction of sp³-hybridized carbons (Fsp3) is 0.146. The number of rotatable bonds is 2. The Bertz CT molecular complexity index is 2260. The molecule has 3 aliphatic carbocycles. The lowest BCUT2D eigenvalue weighted by Gasteiger charge is -2.23. The van der Waals surface area contributed by atoms with Gasteiger partial charge in [-0.25, -0.2) is 0 Å². The summed E-state index contributed by atoms with van der Waals surface area (Å²) in [5, 5.41) is 2.73. The van der Waals surface area contributed by atoms with Gasteiger partial charge in [-0.05, 0) is 114 Å². The van der Waals surface area contributed by atoms with Gasteiger partial charge < -0.3 is 9.13 Å². The summed E-state index contributed by atoms with van der Waals surface area (Å²) in [6, 6.07) is 31.6. The number of benzene rings is 4. The molecule has 0 saturated heterocycles. The predicted octanol–water partition coefficient (Wildman–Crippen LogP) is 9.86. The summed E-state index contributed by atoms with van der Waals surface area (Å²) in [6.45, 7) is 6.38. The van der Waals surface area contributed by atoms with E-state index < -0.39 is 0 Å². The van der Waals surface area contributed by atoms with Gasteiger partial charge in [-0.2, -0.15) is 0 Å². The Morgan fingerprint density at radius 3 is 2.37 bits per heavy atom. The van der Waals surface area contributed by atoms with Gasteiger partial charge in [0.1, 0.15) is 0 Å². The molecule has 0 aliphatic heterocycles. The van der Waals surface area contributed by atoms with Crippen molar-refractivity contribution in [2.45, 2.75) is 32.6 Å². The lowest BCUT2D eigenvalue weighted by Crippen LogP contribution is -2.09. The Kier molecular flexibility index (Phi) is 5.27. The maximum Gasteiger partial charge on any atom is 0.0539 e. The highest BCUT2D eigenvalue weighted by Gasteiger charge is 2.25. The zero-order valence-electron chi connectivity index (χ0n) is 24.4. The zero-order chi connectivity index (χ0) is 28.7. The minimum Gasteiger partial charge on any atom is -0.310 e. The van der Waals surface area contributed by atoms with Crippen molar-refractivity contribution in [2.75, 3.05) is 0 Å². The molecule has 2 heterocycles. The molecule has 2 heteroatoms. The maximum absolute atomic E-state index is 4.05. The lowest BCUT2D eigenvalue weighted by molar-refractivity contribution is 0.717. The van der Waals surface area contributed by atoms with Crippen molar-refractivity contribution < 1.29 is 0 Å². The topological polar surface area (TPSA) is 9.86 Å². The summed E-state index contributed by atoms with van der Waals surface area (Å²) in [5.74, 6) is 0.513. The number of hydrogen-bond donors (Lipinski definition) is 0. The molecule has 1 atom stereocenters. The van der Waals surface area contributed by atoms with Crippen molar-refractivity contribution in [3.63, 3.8) is 0 Å². The van der Waals surface area contributed by atoms with Gasteiger partial charge in [0.05, 0.1) is 11.0 Å². The quantitative estimate of drug-likeness (QED) is 0.189. The molecule has 0 spiro atoms. The summed E-state index contributed by atoms with van der Waals surface area (Å²) >= 11 is 0. The molecule has 9 rings (SSSR count). The van der Waals surface area contributed by atoms with E-state index in [0.717, 1.165) is 31.3 Å². The van der Waals surface area contributed by atoms with Crippen LogP contribution in [0.25, 0.3) is 50.9 Å². The number of fused-ring (bicyclic) bond motifs is 8. The van der Waals surface area contributed by atoms with E-state index >= 15 is 0 Å². The Hall–Kier alpha value is -5.04. The fourth-order valence-corrected chi connectivity index (χ4v) is 7.85. The first kappa shape index (κ1) is 24.5. The summed E-state index contributed by atoms with van der Waals surface area (Å²) in [6.07, 6.45) is 13.5. The summed E-state index contributed by atoms with van der Waals surface area (Å²) in [5.41, 5.74) is 20.1. The van der Waals surface area contributed by atoms with Gasteiger partial charge in [-0.1, -0.05) is 74.2 Å². The fourth-order valence-electron chi connectivity index (χ4n) is 7.85. The number of aromatic nitrogens is 2. The first-order valence-electron chi connectivity index (χ1n) is 15.5. The molecule has 0 radical (unpaired) electrons. The van der Waals surface area contributed by atoms with Gasteiger partial charge in [-0.15, -0.1) is 5.73 Å². The van der Waals surface area contributed by atoms with Crippen molar-refractivity contribution in [1.82, 2.24) is 9.13 Å². The predicted molar refractivity (Wildman–Crippen MR) is 180 cm³/mol. The first-order chi connectivity index (χ1) is 21.2. The van der Waals surface area contributed by atoms with Crippen LogP contribution in [-0.4, -0.2) is 9.13 Å². The molecule has 206 valence electrons. The Morgan fingerprint density at radius 2 is 1.47 bits per heavy atom. The molecule has 1 unspecified atom stereocenters. The highest BCUT2D eigenvalue weighted by atomic mass is 15.0. The molecule has 43 heavy (non-hydrogen) atoms. The van der Waals surface area contributed by atoms with Crippen LogP contribution >= 0.6 is 0 Å². The summed E-state index contributed by atoms with van der Waals surface area (Å²) in [7, 11) is 0. The van der Waals surface area contributed by atoms with E-state index in [9.17, 15) is 0 Å². The standard InChI is InChI=1S/C41H32N2/c1-3-31-32-11-5-4-10-27(32)23-28-24-29(17-19-33(28)31)42-40-20-16-26(2)22-36(40)37-25-30(18-21-41(37)42)43-38-14-8-6-12-34(38)35-13-7-9-15-39(35)43/h4-6,8-12,14-21,24-26H,1,7,13,22-23H2,2H3. The molecule has 2 aromatic heterocycles. The van der Waals surface area contributed by atoms with Gasteiger partial charge in [0.15, 0.2) is 0 Å². The highest BCUT2D eigenvalue weighted by molar-refractivity contribution is 5.95. The molecule has 0 fully saturated rings. The van der Waals surface area contributed by atoms with Crippen molar-refractivity contribution in [1.29, 1.82) is 0 Å². The van der Waals surface area contributed by atoms with E-state index in [1.165, 1.54) is 77.9 Å². The monoisotopic (exact) mass is 552 g/mol. The van der Waals surface area contributed by atoms with E-state index in [1.54, 1.807) is 0 Å². The number of nitrogens with zero attached hydrogens (tertiary/aromatic N) is 2. The van der Waals surface area contributed by atoms with Crippen molar-refractivity contribution in [3.8, 4) is 11.4 Å². The second-order valence-corrected chi connectivity index (χ2v) is 12.3. The number of aryl methyl sites for hydroxylation is 1. The smallest absolute Gasteiger partial charge is 0.0539 e. The van der Waals surface area contributed by atoms with Gasteiger partial charge in [0, 0.05) is 39.1 Å². The van der Waals surface area contributed by atoms with Crippen LogP contribution in [-0.2, 0) is 19.3 Å². The third-order valence-corrected chi connectivity index (χ3v) is 9.78. The Morgan fingerprint density at radius 1 is 0.721 bits per heavy atom. The van der Waals surface area contributed by atoms with E-state index in [2.05, 4.69) is 138 Å². The highest BCUT2D eigenvalue weighted by Crippen LogP contribution is 2.41. The molecular formula is C41H32N2. The molecule has 0 bridgehead atoms. The van der Waals surface area contributed by atoms with Crippen LogP contribution in [0, 0.1) is 5.92 Å². The van der Waals surface area contributed by atoms with Crippen LogP contribution in [0.1, 0.15) is 58.1 Å². The van der Waals surface area contributed by atoms with Gasteiger partial charge >= 0.3 is 0 Å². The molecule has 0 amide bonds. The molecule has 2 nitrogen and oxygen atoms in total. The van der Waals surface area contributed by atoms with Crippen LogP contribution in [0.15, 0.2) is 109 Å². The molecule has 0 saturated carbocycles. The molecule has 6 aromatic rings. The average Bonchev–Trinajstić information content (AvgIpc) is 3.55. The maximum atomic E-state index is 4.05. The third kappa shape index (κ3) is 3.54. The number of para-hydroxylation sites is 1. The van der Waals surface area contributed by atoms with Crippen LogP contribution in [0.2, 0.25) is 0 Å². The van der Waals surface area contributed by atoms with Crippen molar-refractivity contribution in [3.05, 3.63) is 154 Å². The van der Waals surface area contributed by atoms with E-state index in [-0.39, 0.29) is 0 Å². The first-order valence-corrected chi connectivity index (χ1v) is 15.5. The third-order valence-electron chi connectivity index (χ3n) is 9.78. The zero-order valence-corrected chi connectivity index (χ0v) is 24.4. The van der Waals surface area contributed by atoms with Gasteiger partial charge in [0.25, 0.3) is 0 Å². The lowest BCUT2D eigenvalue weighted by atomic mass is 9.82. The second kappa shape index (κ2) is 9.23. The van der Waals surface area contributed by atoms with E-state index in [1.807, 2.05) is 0 Å². The normalized spacial score (nSPS) is 16.6. The average molecular weight is 553 g/mol. The minimum absolute atomic E-state index is 0.513. The van der Waals surface area contributed by atoms with Crippen LogP contribution in [0.4, 0.5) is 0 Å². The summed E-state index contributed by atoms with van der Waals surface area (Å²) < 4.78 is 4.96. The van der Waals surface area contributed by atoms with Gasteiger partial charge in [0.2, 0.25) is 0 Å². The van der Waals surface area contributed by atoms with Crippen LogP contribution in [0.5, 0.6) is 0 Å². The van der Waals surface area contributed by atoms with Crippen molar-refractivity contribution in [2.24, 2.45) is 5.92 Å². The Balaban J connectivity index is 1.26. The molecule has 4 aromatic carbocycles. The molecule has 3 aliphatic rings. The number of hydrogen-bond acceptors (Lipinski definition) is 0. The van der Waals surface area contributed by atoms with E-state index in [4.69, 9.17) is 0 Å². The van der Waals surface area contributed by atoms with Crippen LogP contribution in [0.3, 0.4) is 0 Å². The SMILES string of the molecule is C=C=C1c2ccccc2Cc2cc(-n3c4c(c5cc(-n6c7c(c8ccccc86)CCC=C7)ccc53)CC(C)C=C4)ccc21. The Labute approximate surface area is 252 Å². The summed E-state index contributed by atoms with van der Waals surface area (Å²) in [4.78, 5) is 0. The largest absolute Gasteiger partial charge is 0.310 e.